The fourth-order valence-corrected chi connectivity index (χ4v) is 6.27. The van der Waals surface area contributed by atoms with Gasteiger partial charge < -0.3 is 15.5 Å². The van der Waals surface area contributed by atoms with Crippen molar-refractivity contribution in [2.24, 2.45) is 17.6 Å². The van der Waals surface area contributed by atoms with Gasteiger partial charge in [0.1, 0.15) is 0 Å². The first-order valence-electron chi connectivity index (χ1n) is 10.8. The predicted molar refractivity (Wildman–Crippen MR) is 120 cm³/mol. The third-order valence-electron chi connectivity index (χ3n) is 6.32. The molecule has 29 heavy (non-hydrogen) atoms. The number of nitrogens with two attached hydrogens (primary N) is 1. The highest BCUT2D eigenvalue weighted by Crippen LogP contribution is 2.44. The van der Waals surface area contributed by atoms with Crippen LogP contribution in [0.25, 0.3) is 0 Å². The van der Waals surface area contributed by atoms with Gasteiger partial charge >= 0.3 is 7.82 Å². The maximum Gasteiger partial charge on any atom is 0.469 e. The summed E-state index contributed by atoms with van der Waals surface area (Å²) in [6.07, 6.45) is 7.32. The lowest BCUT2D eigenvalue weighted by atomic mass is 9.80. The van der Waals surface area contributed by atoms with Crippen LogP contribution in [0.1, 0.15) is 68.6 Å². The molecule has 1 fully saturated rings. The quantitative estimate of drug-likeness (QED) is 0.382. The van der Waals surface area contributed by atoms with Crippen molar-refractivity contribution < 1.29 is 18.9 Å². The zero-order chi connectivity index (χ0) is 21.1. The molecule has 3 rings (SSSR count). The van der Waals surface area contributed by atoms with Crippen molar-refractivity contribution in [1.29, 1.82) is 0 Å². The Bertz CT molecular complexity index is 738. The van der Waals surface area contributed by atoms with E-state index in [1.165, 1.54) is 47.5 Å². The Kier molecular flexibility index (Phi) is 7.91. The van der Waals surface area contributed by atoms with E-state index in [1.807, 2.05) is 0 Å². The molecule has 1 saturated carbocycles. The predicted octanol–water partition coefficient (Wildman–Crippen LogP) is 4.65. The van der Waals surface area contributed by atoms with Gasteiger partial charge in [-0.15, -0.1) is 0 Å². The first-order chi connectivity index (χ1) is 13.6. The van der Waals surface area contributed by atoms with Crippen LogP contribution in [0, 0.1) is 11.8 Å². The molecular formula is C22H36NO4PS. The van der Waals surface area contributed by atoms with E-state index in [0.29, 0.717) is 12.3 Å². The summed E-state index contributed by atoms with van der Waals surface area (Å²) >= 11 is 2.09. The lowest BCUT2D eigenvalue weighted by Gasteiger charge is -2.27. The number of hydrogen-bond acceptors (Lipinski definition) is 4. The molecule has 0 radical (unpaired) electrons. The van der Waals surface area contributed by atoms with Gasteiger partial charge in [-0.2, -0.15) is 11.8 Å². The molecule has 2 aliphatic carbocycles. The summed E-state index contributed by atoms with van der Waals surface area (Å²) in [5.74, 6) is 4.46. The van der Waals surface area contributed by atoms with Crippen LogP contribution < -0.4 is 5.73 Å². The van der Waals surface area contributed by atoms with Crippen LogP contribution in [0.3, 0.4) is 0 Å². The van der Waals surface area contributed by atoms with E-state index in [4.69, 9.17) is 20.0 Å². The molecular weight excluding hydrogens is 405 g/mol. The Labute approximate surface area is 179 Å². The summed E-state index contributed by atoms with van der Waals surface area (Å²) in [7, 11) is -4.47. The monoisotopic (exact) mass is 441 g/mol. The maximum atomic E-state index is 11.0. The standard InChI is InChI=1S/C22H36NO4PS/c1-16(2)14-29-10-8-17-3-4-19-12-20(6-5-18(19)11-17)21-7-9-22(23,13-21)15-27-28(24,25)26/h5-6,12,16-17,21H,3-4,7-11,13-15,23H2,1-2H3,(H2,24,25,26)/t17-,21-,22+/m0/s1. The van der Waals surface area contributed by atoms with Crippen LogP contribution in [0.5, 0.6) is 0 Å². The first-order valence-corrected chi connectivity index (χ1v) is 13.5. The fraction of sp³-hybridized carbons (Fsp3) is 0.727. The van der Waals surface area contributed by atoms with Crippen LogP contribution >= 0.6 is 19.6 Å². The van der Waals surface area contributed by atoms with Gasteiger partial charge in [-0.25, -0.2) is 4.57 Å². The van der Waals surface area contributed by atoms with Crippen LogP contribution in [0.2, 0.25) is 0 Å². The number of benzene rings is 1. The summed E-state index contributed by atoms with van der Waals surface area (Å²) < 4.78 is 15.7. The Balaban J connectivity index is 1.53. The molecule has 0 heterocycles. The molecule has 0 saturated heterocycles. The average Bonchev–Trinajstić information content (AvgIpc) is 3.05. The van der Waals surface area contributed by atoms with Gasteiger partial charge in [0.2, 0.25) is 0 Å². The van der Waals surface area contributed by atoms with Crippen LogP contribution in [-0.2, 0) is 21.9 Å². The summed E-state index contributed by atoms with van der Waals surface area (Å²) in [6.45, 7) is 4.48. The molecule has 4 N–H and O–H groups in total. The number of aryl methyl sites for hydroxylation is 1. The third-order valence-corrected chi connectivity index (χ3v) is 8.21. The second-order valence-corrected chi connectivity index (χ2v) is 11.8. The third kappa shape index (κ3) is 7.09. The van der Waals surface area contributed by atoms with Crippen molar-refractivity contribution >= 4 is 19.6 Å². The van der Waals surface area contributed by atoms with E-state index in [9.17, 15) is 4.57 Å². The zero-order valence-electron chi connectivity index (χ0n) is 17.7. The van der Waals surface area contributed by atoms with Crippen LogP contribution in [0.15, 0.2) is 18.2 Å². The van der Waals surface area contributed by atoms with E-state index >= 15 is 0 Å². The highest BCUT2D eigenvalue weighted by molar-refractivity contribution is 7.99. The van der Waals surface area contributed by atoms with Gasteiger partial charge in [-0.3, -0.25) is 4.52 Å². The van der Waals surface area contributed by atoms with Gasteiger partial charge in [-0.1, -0.05) is 32.0 Å². The molecule has 0 unspecified atom stereocenters. The number of phosphoric acid groups is 1. The summed E-state index contributed by atoms with van der Waals surface area (Å²) in [4.78, 5) is 17.9. The van der Waals surface area contributed by atoms with Crippen molar-refractivity contribution in [3.05, 3.63) is 34.9 Å². The van der Waals surface area contributed by atoms with Crippen molar-refractivity contribution in [3.8, 4) is 0 Å². The van der Waals surface area contributed by atoms with Crippen molar-refractivity contribution in [2.75, 3.05) is 18.1 Å². The molecule has 0 amide bonds. The SMILES string of the molecule is CC(C)CSCC[C@@H]1CCc2cc([C@H]3CC[C@](N)(COP(=O)(O)O)C3)ccc2C1. The number of rotatable bonds is 9. The van der Waals surface area contributed by atoms with E-state index in [0.717, 1.165) is 31.1 Å². The minimum Gasteiger partial charge on any atom is -0.323 e. The molecule has 1 aromatic rings. The maximum absolute atomic E-state index is 11.0. The van der Waals surface area contributed by atoms with E-state index < -0.39 is 13.4 Å². The Hall–Kier alpha value is -0.360. The molecule has 164 valence electrons. The summed E-state index contributed by atoms with van der Waals surface area (Å²) in [5, 5.41) is 0. The molecule has 1 aromatic carbocycles. The van der Waals surface area contributed by atoms with E-state index in [1.54, 1.807) is 0 Å². The second kappa shape index (κ2) is 9.84. The molecule has 5 nitrogen and oxygen atoms in total. The van der Waals surface area contributed by atoms with E-state index in [-0.39, 0.29) is 6.61 Å². The van der Waals surface area contributed by atoms with Gasteiger partial charge in [0.05, 0.1) is 6.61 Å². The van der Waals surface area contributed by atoms with Gasteiger partial charge in [-0.05, 0) is 90.9 Å². The number of thioether (sulfide) groups is 1. The average molecular weight is 442 g/mol. The van der Waals surface area contributed by atoms with Crippen molar-refractivity contribution in [3.63, 3.8) is 0 Å². The molecule has 7 heteroatoms. The lowest BCUT2D eigenvalue weighted by Crippen LogP contribution is -2.41. The van der Waals surface area contributed by atoms with Crippen molar-refractivity contribution in [2.45, 2.75) is 70.3 Å². The molecule has 2 aliphatic rings. The molecule has 0 spiro atoms. The van der Waals surface area contributed by atoms with Crippen LogP contribution in [-0.4, -0.2) is 33.4 Å². The molecule has 0 bridgehead atoms. The zero-order valence-corrected chi connectivity index (χ0v) is 19.4. The Morgan fingerprint density at radius 1 is 1.31 bits per heavy atom. The molecule has 0 aromatic heterocycles. The molecule has 0 aliphatic heterocycles. The highest BCUT2D eigenvalue weighted by atomic mass is 32.2. The smallest absolute Gasteiger partial charge is 0.323 e. The Morgan fingerprint density at radius 2 is 2.10 bits per heavy atom. The summed E-state index contributed by atoms with van der Waals surface area (Å²) in [6, 6.07) is 6.91. The van der Waals surface area contributed by atoms with Crippen molar-refractivity contribution in [1.82, 2.24) is 0 Å². The largest absolute Gasteiger partial charge is 0.469 e. The topological polar surface area (TPSA) is 92.8 Å². The summed E-state index contributed by atoms with van der Waals surface area (Å²) in [5.41, 5.74) is 10.0. The first kappa shape index (κ1) is 23.3. The minimum atomic E-state index is -4.47. The van der Waals surface area contributed by atoms with Crippen LogP contribution in [0.4, 0.5) is 0 Å². The van der Waals surface area contributed by atoms with Gasteiger partial charge in [0.15, 0.2) is 0 Å². The minimum absolute atomic E-state index is 0.0881. The van der Waals surface area contributed by atoms with E-state index in [2.05, 4.69) is 43.8 Å². The number of hydrogen-bond donors (Lipinski definition) is 3. The normalized spacial score (nSPS) is 27.4. The van der Waals surface area contributed by atoms with Gasteiger partial charge in [0.25, 0.3) is 0 Å². The number of phosphoric ester groups is 1. The second-order valence-electron chi connectivity index (χ2n) is 9.46. The number of fused-ring (bicyclic) bond motifs is 1. The highest BCUT2D eigenvalue weighted by Gasteiger charge is 2.38. The lowest BCUT2D eigenvalue weighted by molar-refractivity contribution is 0.153. The Morgan fingerprint density at radius 3 is 2.83 bits per heavy atom. The van der Waals surface area contributed by atoms with Gasteiger partial charge in [0, 0.05) is 5.54 Å². The fourth-order valence-electron chi connectivity index (χ4n) is 4.70. The molecule has 3 atom stereocenters.